The summed E-state index contributed by atoms with van der Waals surface area (Å²) >= 11 is 0. The maximum absolute atomic E-state index is 5.36. The Morgan fingerprint density at radius 3 is 3.00 bits per heavy atom. The van der Waals surface area contributed by atoms with Crippen LogP contribution in [0.1, 0.15) is 12.0 Å². The fourth-order valence-corrected chi connectivity index (χ4v) is 0.907. The van der Waals surface area contributed by atoms with Gasteiger partial charge in [-0.2, -0.15) is 5.10 Å². The predicted octanol–water partition coefficient (Wildman–Crippen LogP) is 0.311. The molecule has 0 unspecified atom stereocenters. The summed E-state index contributed by atoms with van der Waals surface area (Å²) in [7, 11) is 1.92. The van der Waals surface area contributed by atoms with E-state index in [0.717, 1.165) is 19.4 Å². The number of aryl methyl sites for hydroxylation is 2. The minimum Gasteiger partial charge on any atom is -0.330 e. The lowest BCUT2D eigenvalue weighted by molar-refractivity contribution is 0.765. The van der Waals surface area contributed by atoms with Crippen LogP contribution in [0.4, 0.5) is 0 Å². The highest BCUT2D eigenvalue weighted by atomic mass is 15.2. The van der Waals surface area contributed by atoms with Crippen molar-refractivity contribution in [3.63, 3.8) is 0 Å². The van der Waals surface area contributed by atoms with Gasteiger partial charge in [-0.25, -0.2) is 0 Å². The van der Waals surface area contributed by atoms with Gasteiger partial charge in [-0.3, -0.25) is 4.68 Å². The third-order valence-corrected chi connectivity index (χ3v) is 1.43. The molecule has 56 valence electrons. The molecular weight excluding hydrogens is 126 g/mol. The van der Waals surface area contributed by atoms with Gasteiger partial charge in [0.25, 0.3) is 0 Å². The quantitative estimate of drug-likeness (QED) is 0.655. The third-order valence-electron chi connectivity index (χ3n) is 1.43. The molecule has 1 aromatic heterocycles. The van der Waals surface area contributed by atoms with Crippen molar-refractivity contribution < 1.29 is 0 Å². The molecule has 0 saturated carbocycles. The highest BCUT2D eigenvalue weighted by Gasteiger charge is 1.93. The number of aromatic nitrogens is 2. The molecular formula is C7H13N3. The van der Waals surface area contributed by atoms with Gasteiger partial charge in [-0.15, -0.1) is 0 Å². The first-order valence-corrected chi connectivity index (χ1v) is 3.50. The topological polar surface area (TPSA) is 43.8 Å². The average molecular weight is 139 g/mol. The van der Waals surface area contributed by atoms with Crippen LogP contribution in [0, 0.1) is 0 Å². The van der Waals surface area contributed by atoms with E-state index < -0.39 is 0 Å². The first-order valence-electron chi connectivity index (χ1n) is 3.50. The van der Waals surface area contributed by atoms with E-state index in [9.17, 15) is 0 Å². The Morgan fingerprint density at radius 2 is 2.50 bits per heavy atom. The maximum atomic E-state index is 5.36. The summed E-state index contributed by atoms with van der Waals surface area (Å²) in [5.74, 6) is 0. The monoisotopic (exact) mass is 139 g/mol. The van der Waals surface area contributed by atoms with Gasteiger partial charge < -0.3 is 5.73 Å². The van der Waals surface area contributed by atoms with Crippen LogP contribution in [-0.2, 0) is 13.5 Å². The average Bonchev–Trinajstić information content (AvgIpc) is 2.31. The van der Waals surface area contributed by atoms with E-state index >= 15 is 0 Å². The van der Waals surface area contributed by atoms with Gasteiger partial charge in [0.15, 0.2) is 0 Å². The summed E-state index contributed by atoms with van der Waals surface area (Å²) in [6.45, 7) is 0.759. The van der Waals surface area contributed by atoms with Gasteiger partial charge in [0.1, 0.15) is 0 Å². The van der Waals surface area contributed by atoms with Crippen LogP contribution in [0.2, 0.25) is 0 Å². The van der Waals surface area contributed by atoms with Crippen molar-refractivity contribution in [2.45, 2.75) is 12.8 Å². The molecule has 0 saturated heterocycles. The first kappa shape index (κ1) is 7.28. The number of nitrogens with zero attached hydrogens (tertiary/aromatic N) is 2. The summed E-state index contributed by atoms with van der Waals surface area (Å²) < 4.78 is 1.81. The van der Waals surface area contributed by atoms with E-state index in [1.807, 2.05) is 24.1 Å². The molecule has 0 aromatic carbocycles. The SMILES string of the molecule is Cn1cc(CCCN)cn1. The molecule has 1 aromatic rings. The molecule has 10 heavy (non-hydrogen) atoms. The molecule has 0 atom stereocenters. The summed E-state index contributed by atoms with van der Waals surface area (Å²) in [6.07, 6.45) is 6.00. The third kappa shape index (κ3) is 1.84. The minimum absolute atomic E-state index is 0.759. The molecule has 2 N–H and O–H groups in total. The Labute approximate surface area is 60.8 Å². The van der Waals surface area contributed by atoms with Gasteiger partial charge >= 0.3 is 0 Å². The molecule has 0 amide bonds. The van der Waals surface area contributed by atoms with Crippen LogP contribution in [0.5, 0.6) is 0 Å². The van der Waals surface area contributed by atoms with Crippen LogP contribution in [0.3, 0.4) is 0 Å². The van der Waals surface area contributed by atoms with Crippen LogP contribution in [-0.4, -0.2) is 16.3 Å². The Hall–Kier alpha value is -0.830. The van der Waals surface area contributed by atoms with Crippen LogP contribution in [0.15, 0.2) is 12.4 Å². The van der Waals surface area contributed by atoms with E-state index in [-0.39, 0.29) is 0 Å². The molecule has 1 rings (SSSR count). The molecule has 1 heterocycles. The first-order chi connectivity index (χ1) is 4.83. The molecule has 0 aliphatic heterocycles. The molecule has 0 bridgehead atoms. The van der Waals surface area contributed by atoms with Gasteiger partial charge in [0, 0.05) is 13.2 Å². The zero-order valence-corrected chi connectivity index (χ0v) is 6.25. The lowest BCUT2D eigenvalue weighted by Gasteiger charge is -1.90. The standard InChI is InChI=1S/C7H13N3/c1-10-6-7(5-9-10)3-2-4-8/h5-6H,2-4,8H2,1H3. The lowest BCUT2D eigenvalue weighted by atomic mass is 10.2. The number of hydrogen-bond acceptors (Lipinski definition) is 2. The molecule has 3 nitrogen and oxygen atoms in total. The van der Waals surface area contributed by atoms with Crippen LogP contribution < -0.4 is 5.73 Å². The Kier molecular flexibility index (Phi) is 2.45. The minimum atomic E-state index is 0.759. The fourth-order valence-electron chi connectivity index (χ4n) is 0.907. The largest absolute Gasteiger partial charge is 0.330 e. The van der Waals surface area contributed by atoms with Crippen molar-refractivity contribution in [2.24, 2.45) is 12.8 Å². The van der Waals surface area contributed by atoms with Crippen LogP contribution >= 0.6 is 0 Å². The Morgan fingerprint density at radius 1 is 1.70 bits per heavy atom. The zero-order chi connectivity index (χ0) is 7.40. The molecule has 3 heteroatoms. The van der Waals surface area contributed by atoms with Gasteiger partial charge in [0.2, 0.25) is 0 Å². The van der Waals surface area contributed by atoms with Crippen molar-refractivity contribution >= 4 is 0 Å². The van der Waals surface area contributed by atoms with Gasteiger partial charge in [-0.1, -0.05) is 0 Å². The number of hydrogen-bond donors (Lipinski definition) is 1. The van der Waals surface area contributed by atoms with E-state index in [1.165, 1.54) is 5.56 Å². The Balaban J connectivity index is 2.42. The van der Waals surface area contributed by atoms with E-state index in [2.05, 4.69) is 5.10 Å². The molecule has 0 radical (unpaired) electrons. The van der Waals surface area contributed by atoms with Crippen molar-refractivity contribution in [2.75, 3.05) is 6.54 Å². The van der Waals surface area contributed by atoms with Gasteiger partial charge in [-0.05, 0) is 24.9 Å². The normalized spacial score (nSPS) is 10.2. The van der Waals surface area contributed by atoms with Crippen LogP contribution in [0.25, 0.3) is 0 Å². The maximum Gasteiger partial charge on any atom is 0.0521 e. The van der Waals surface area contributed by atoms with Crippen molar-refractivity contribution in [1.82, 2.24) is 9.78 Å². The van der Waals surface area contributed by atoms with E-state index in [4.69, 9.17) is 5.73 Å². The van der Waals surface area contributed by atoms with E-state index in [0.29, 0.717) is 0 Å². The summed E-state index contributed by atoms with van der Waals surface area (Å²) in [6, 6.07) is 0. The van der Waals surface area contributed by atoms with Crippen molar-refractivity contribution in [3.8, 4) is 0 Å². The smallest absolute Gasteiger partial charge is 0.0521 e. The second-order valence-corrected chi connectivity index (χ2v) is 2.41. The zero-order valence-electron chi connectivity index (χ0n) is 6.25. The highest BCUT2D eigenvalue weighted by Crippen LogP contribution is 1.98. The number of rotatable bonds is 3. The van der Waals surface area contributed by atoms with Gasteiger partial charge in [0.05, 0.1) is 6.20 Å². The highest BCUT2D eigenvalue weighted by molar-refractivity contribution is 5.03. The fraction of sp³-hybridized carbons (Fsp3) is 0.571. The molecule has 0 spiro atoms. The second kappa shape index (κ2) is 3.37. The summed E-state index contributed by atoms with van der Waals surface area (Å²) in [5, 5.41) is 4.05. The number of nitrogens with two attached hydrogens (primary N) is 1. The van der Waals surface area contributed by atoms with Crippen molar-refractivity contribution in [1.29, 1.82) is 0 Å². The molecule has 0 aliphatic rings. The molecule has 0 fully saturated rings. The van der Waals surface area contributed by atoms with Crippen molar-refractivity contribution in [3.05, 3.63) is 18.0 Å². The summed E-state index contributed by atoms with van der Waals surface area (Å²) in [4.78, 5) is 0. The van der Waals surface area contributed by atoms with E-state index in [1.54, 1.807) is 0 Å². The summed E-state index contributed by atoms with van der Waals surface area (Å²) in [5.41, 5.74) is 6.63. The predicted molar refractivity (Wildman–Crippen MR) is 40.6 cm³/mol. The second-order valence-electron chi connectivity index (χ2n) is 2.41. The molecule has 0 aliphatic carbocycles. The Bertz CT molecular complexity index is 192. The lowest BCUT2D eigenvalue weighted by Crippen LogP contribution is -1.99.